The Kier molecular flexibility index (Phi) is 7.84. The Morgan fingerprint density at radius 2 is 1.52 bits per heavy atom. The maximum Gasteiger partial charge on any atom is 0.242 e. The Morgan fingerprint density at radius 3 is 2.04 bits per heavy atom. The van der Waals surface area contributed by atoms with Crippen molar-refractivity contribution < 1.29 is 9.59 Å². The van der Waals surface area contributed by atoms with Gasteiger partial charge in [-0.15, -0.1) is 0 Å². The van der Waals surface area contributed by atoms with Gasteiger partial charge >= 0.3 is 0 Å². The first-order valence-electron chi connectivity index (χ1n) is 10.1. The molecule has 0 radical (unpaired) electrons. The summed E-state index contributed by atoms with van der Waals surface area (Å²) in [7, 11) is 2.06. The minimum absolute atomic E-state index is 0.0128. The maximum atomic E-state index is 12.5. The number of hydrogen-bond donors (Lipinski definition) is 1. The molecule has 1 aromatic carbocycles. The van der Waals surface area contributed by atoms with Crippen LogP contribution >= 0.6 is 0 Å². The summed E-state index contributed by atoms with van der Waals surface area (Å²) >= 11 is 0. The van der Waals surface area contributed by atoms with Crippen LogP contribution in [0.2, 0.25) is 0 Å². The zero-order valence-electron chi connectivity index (χ0n) is 17.5. The number of hydrogen-bond acceptors (Lipinski definition) is 3. The largest absolute Gasteiger partial charge is 0.347 e. The van der Waals surface area contributed by atoms with Crippen LogP contribution in [0.15, 0.2) is 24.3 Å². The standard InChI is InChI=1S/C22H35N3O2/c1-16(2)18-6-8-19(9-7-18)20(17(3)4)14-21(26)23-15-22(27)25-12-10-24(5)11-13-25/h6-9,16-17,20H,10-15H2,1-5H3,(H,23,26). The van der Waals surface area contributed by atoms with Crippen LogP contribution in [0.4, 0.5) is 0 Å². The van der Waals surface area contributed by atoms with Crippen molar-refractivity contribution in [1.29, 1.82) is 0 Å². The molecule has 0 bridgehead atoms. The van der Waals surface area contributed by atoms with Gasteiger partial charge in [0.15, 0.2) is 0 Å². The number of nitrogens with one attached hydrogen (secondary N) is 1. The Balaban J connectivity index is 1.88. The average molecular weight is 374 g/mol. The van der Waals surface area contributed by atoms with Crippen molar-refractivity contribution in [3.05, 3.63) is 35.4 Å². The summed E-state index contributed by atoms with van der Waals surface area (Å²) < 4.78 is 0. The summed E-state index contributed by atoms with van der Waals surface area (Å²) in [4.78, 5) is 28.8. The number of carbonyl (C=O) groups is 2. The molecule has 1 aromatic rings. The number of amides is 2. The van der Waals surface area contributed by atoms with Crippen LogP contribution in [0.5, 0.6) is 0 Å². The molecule has 0 spiro atoms. The summed E-state index contributed by atoms with van der Waals surface area (Å²) in [5.74, 6) is 0.974. The van der Waals surface area contributed by atoms with Crippen molar-refractivity contribution >= 4 is 11.8 Å². The monoisotopic (exact) mass is 373 g/mol. The molecule has 1 heterocycles. The smallest absolute Gasteiger partial charge is 0.242 e. The SMILES string of the molecule is CC(C)c1ccc(C(CC(=O)NCC(=O)N2CCN(C)CC2)C(C)C)cc1. The lowest BCUT2D eigenvalue weighted by Gasteiger charge is -2.32. The molecule has 2 amide bonds. The van der Waals surface area contributed by atoms with Crippen LogP contribution in [-0.4, -0.2) is 61.4 Å². The number of nitrogens with zero attached hydrogens (tertiary/aromatic N) is 2. The van der Waals surface area contributed by atoms with E-state index < -0.39 is 0 Å². The van der Waals surface area contributed by atoms with E-state index in [2.05, 4.69) is 69.2 Å². The third-order valence-electron chi connectivity index (χ3n) is 5.53. The van der Waals surface area contributed by atoms with E-state index in [0.717, 1.165) is 26.2 Å². The molecule has 27 heavy (non-hydrogen) atoms. The van der Waals surface area contributed by atoms with Gasteiger partial charge in [-0.25, -0.2) is 0 Å². The van der Waals surface area contributed by atoms with Crippen molar-refractivity contribution in [3.63, 3.8) is 0 Å². The lowest BCUT2D eigenvalue weighted by molar-refractivity contribution is -0.134. The summed E-state index contributed by atoms with van der Waals surface area (Å²) in [6.45, 7) is 12.0. The van der Waals surface area contributed by atoms with E-state index in [0.29, 0.717) is 18.3 Å². The second kappa shape index (κ2) is 9.88. The highest BCUT2D eigenvalue weighted by Crippen LogP contribution is 2.29. The minimum atomic E-state index is -0.0517. The summed E-state index contributed by atoms with van der Waals surface area (Å²) in [6, 6.07) is 8.60. The highest BCUT2D eigenvalue weighted by molar-refractivity contribution is 5.85. The first-order chi connectivity index (χ1) is 12.8. The average Bonchev–Trinajstić information content (AvgIpc) is 2.64. The quantitative estimate of drug-likeness (QED) is 0.800. The van der Waals surface area contributed by atoms with Gasteiger partial charge in [-0.3, -0.25) is 9.59 Å². The number of rotatable bonds is 7. The molecular formula is C22H35N3O2. The molecule has 1 N–H and O–H groups in total. The van der Waals surface area contributed by atoms with Crippen LogP contribution in [-0.2, 0) is 9.59 Å². The van der Waals surface area contributed by atoms with E-state index in [-0.39, 0.29) is 24.3 Å². The van der Waals surface area contributed by atoms with Crippen molar-refractivity contribution in [1.82, 2.24) is 15.1 Å². The molecule has 2 rings (SSSR count). The van der Waals surface area contributed by atoms with Crippen LogP contribution < -0.4 is 5.32 Å². The van der Waals surface area contributed by atoms with Crippen molar-refractivity contribution in [3.8, 4) is 0 Å². The molecule has 5 heteroatoms. The highest BCUT2D eigenvalue weighted by Gasteiger charge is 2.22. The van der Waals surface area contributed by atoms with Crippen molar-refractivity contribution in [2.75, 3.05) is 39.8 Å². The molecule has 5 nitrogen and oxygen atoms in total. The van der Waals surface area contributed by atoms with Gasteiger partial charge in [-0.1, -0.05) is 52.0 Å². The maximum absolute atomic E-state index is 12.5. The number of piperazine rings is 1. The molecule has 1 aliphatic heterocycles. The zero-order valence-corrected chi connectivity index (χ0v) is 17.5. The Bertz CT molecular complexity index is 617. The van der Waals surface area contributed by atoms with Gasteiger partial charge in [0.25, 0.3) is 0 Å². The Hall–Kier alpha value is -1.88. The number of benzene rings is 1. The fourth-order valence-corrected chi connectivity index (χ4v) is 3.48. The molecule has 1 aliphatic rings. The summed E-state index contributed by atoms with van der Waals surface area (Å²) in [6.07, 6.45) is 0.411. The predicted octanol–water partition coefficient (Wildman–Crippen LogP) is 2.83. The second-order valence-electron chi connectivity index (χ2n) is 8.34. The molecule has 1 saturated heterocycles. The normalized spacial score (nSPS) is 16.6. The van der Waals surface area contributed by atoms with Crippen LogP contribution in [0, 0.1) is 5.92 Å². The molecule has 1 atom stereocenters. The molecule has 150 valence electrons. The summed E-state index contributed by atoms with van der Waals surface area (Å²) in [5, 5.41) is 2.83. The number of likely N-dealkylation sites (N-methyl/N-ethyl adjacent to an activating group) is 1. The van der Waals surface area contributed by atoms with E-state index >= 15 is 0 Å². The molecule has 1 fully saturated rings. The Morgan fingerprint density at radius 1 is 0.963 bits per heavy atom. The molecule has 1 unspecified atom stereocenters. The molecule has 0 saturated carbocycles. The van der Waals surface area contributed by atoms with E-state index in [9.17, 15) is 9.59 Å². The number of carbonyl (C=O) groups excluding carboxylic acids is 2. The van der Waals surface area contributed by atoms with Gasteiger partial charge in [-0.2, -0.15) is 0 Å². The lowest BCUT2D eigenvalue weighted by atomic mass is 9.84. The van der Waals surface area contributed by atoms with E-state index in [1.165, 1.54) is 11.1 Å². The fourth-order valence-electron chi connectivity index (χ4n) is 3.48. The summed E-state index contributed by atoms with van der Waals surface area (Å²) in [5.41, 5.74) is 2.50. The zero-order chi connectivity index (χ0) is 20.0. The van der Waals surface area contributed by atoms with Crippen LogP contribution in [0.1, 0.15) is 57.1 Å². The first kappa shape index (κ1) is 21.4. The Labute approximate surface area is 164 Å². The minimum Gasteiger partial charge on any atom is -0.347 e. The third kappa shape index (κ3) is 6.35. The molecule has 0 aliphatic carbocycles. The van der Waals surface area contributed by atoms with Gasteiger partial charge in [0.2, 0.25) is 11.8 Å². The van der Waals surface area contributed by atoms with Gasteiger partial charge in [0, 0.05) is 32.6 Å². The van der Waals surface area contributed by atoms with Crippen LogP contribution in [0.3, 0.4) is 0 Å². The van der Waals surface area contributed by atoms with Crippen LogP contribution in [0.25, 0.3) is 0 Å². The van der Waals surface area contributed by atoms with Crippen molar-refractivity contribution in [2.24, 2.45) is 5.92 Å². The van der Waals surface area contributed by atoms with Crippen molar-refractivity contribution in [2.45, 2.75) is 46.0 Å². The van der Waals surface area contributed by atoms with E-state index in [4.69, 9.17) is 0 Å². The molecule has 0 aromatic heterocycles. The van der Waals surface area contributed by atoms with Gasteiger partial charge in [-0.05, 0) is 35.9 Å². The second-order valence-corrected chi connectivity index (χ2v) is 8.34. The topological polar surface area (TPSA) is 52.7 Å². The lowest BCUT2D eigenvalue weighted by Crippen LogP contribution is -2.50. The van der Waals surface area contributed by atoms with Gasteiger partial charge in [0.05, 0.1) is 6.54 Å². The molecular weight excluding hydrogens is 338 g/mol. The van der Waals surface area contributed by atoms with Gasteiger partial charge < -0.3 is 15.1 Å². The third-order valence-corrected chi connectivity index (χ3v) is 5.53. The van der Waals surface area contributed by atoms with E-state index in [1.54, 1.807) is 0 Å². The fraction of sp³-hybridized carbons (Fsp3) is 0.636. The first-order valence-corrected chi connectivity index (χ1v) is 10.1. The predicted molar refractivity (Wildman–Crippen MR) is 110 cm³/mol. The van der Waals surface area contributed by atoms with E-state index in [1.807, 2.05) is 4.90 Å². The highest BCUT2D eigenvalue weighted by atomic mass is 16.2. The van der Waals surface area contributed by atoms with Gasteiger partial charge in [0.1, 0.15) is 0 Å².